The lowest BCUT2D eigenvalue weighted by molar-refractivity contribution is -0.665. The highest BCUT2D eigenvalue weighted by atomic mass is 79.9. The molecule has 1 heterocycles. The number of hydrogen-bond acceptors (Lipinski definition) is 0. The summed E-state index contributed by atoms with van der Waals surface area (Å²) in [4.78, 5) is 0. The Morgan fingerprint density at radius 3 is 1.90 bits per heavy atom. The lowest BCUT2D eigenvalue weighted by Gasteiger charge is -2.37. The topological polar surface area (TPSA) is 16.6 Å². The quantitative estimate of drug-likeness (QED) is 0.849. The minimum absolute atomic E-state index is 0.139. The number of rotatable bonds is 2. The summed E-state index contributed by atoms with van der Waals surface area (Å²) < 4.78 is 1.13. The first-order chi connectivity index (χ1) is 9.71. The van der Waals surface area contributed by atoms with Gasteiger partial charge in [-0.05, 0) is 35.4 Å². The van der Waals surface area contributed by atoms with Gasteiger partial charge < -0.3 is 5.32 Å². The monoisotopic (exact) mass is 350 g/mol. The van der Waals surface area contributed by atoms with Gasteiger partial charge in [0.2, 0.25) is 0 Å². The summed E-state index contributed by atoms with van der Waals surface area (Å²) in [5.74, 6) is 0. The molecule has 3 rings (SSSR count). The largest absolute Gasteiger partial charge is 0.346 e. The van der Waals surface area contributed by atoms with Crippen LogP contribution >= 0.6 is 27.5 Å². The van der Waals surface area contributed by atoms with E-state index < -0.39 is 0 Å². The van der Waals surface area contributed by atoms with E-state index in [1.165, 1.54) is 37.1 Å². The Bertz CT molecular complexity index is 523. The molecule has 104 valence electrons. The highest BCUT2D eigenvalue weighted by Crippen LogP contribution is 2.39. The Hall–Kier alpha value is -0.830. The minimum atomic E-state index is 0.139. The van der Waals surface area contributed by atoms with Gasteiger partial charge >= 0.3 is 0 Å². The lowest BCUT2D eigenvalue weighted by Crippen LogP contribution is -2.87. The van der Waals surface area contributed by atoms with E-state index in [4.69, 9.17) is 11.6 Å². The van der Waals surface area contributed by atoms with E-state index in [1.54, 1.807) is 0 Å². The fourth-order valence-electron chi connectivity index (χ4n) is 3.25. The third-order valence-corrected chi connectivity index (χ3v) is 5.12. The molecule has 0 unspecified atom stereocenters. The summed E-state index contributed by atoms with van der Waals surface area (Å²) in [7, 11) is 0. The van der Waals surface area contributed by atoms with Crippen molar-refractivity contribution in [2.24, 2.45) is 0 Å². The molecule has 1 aliphatic heterocycles. The highest BCUT2D eigenvalue weighted by molar-refractivity contribution is 9.10. The minimum Gasteiger partial charge on any atom is -0.346 e. The molecule has 0 aromatic heterocycles. The fourth-order valence-corrected chi connectivity index (χ4v) is 3.64. The molecule has 0 spiro atoms. The van der Waals surface area contributed by atoms with Crippen LogP contribution in [0.2, 0.25) is 5.02 Å². The van der Waals surface area contributed by atoms with Crippen LogP contribution in [0, 0.1) is 0 Å². The molecular weight excluding hydrogens is 334 g/mol. The Kier molecular flexibility index (Phi) is 4.16. The van der Waals surface area contributed by atoms with Gasteiger partial charge in [-0.2, -0.15) is 0 Å². The SMILES string of the molecule is Clc1ccc(C2(c3ccc(Br)cc3)CC[NH2+]CC2)cc1. The first-order valence-electron chi connectivity index (χ1n) is 7.04. The molecule has 0 aliphatic carbocycles. The predicted octanol–water partition coefficient (Wildman–Crippen LogP) is 3.75. The van der Waals surface area contributed by atoms with Crippen LogP contribution in [0.5, 0.6) is 0 Å². The van der Waals surface area contributed by atoms with Gasteiger partial charge in [-0.1, -0.05) is 51.8 Å². The molecule has 0 bridgehead atoms. The number of piperidine rings is 1. The van der Waals surface area contributed by atoms with Crippen molar-refractivity contribution in [3.05, 3.63) is 69.2 Å². The first kappa shape index (κ1) is 14.1. The van der Waals surface area contributed by atoms with Gasteiger partial charge in [0, 0.05) is 27.8 Å². The summed E-state index contributed by atoms with van der Waals surface area (Å²) >= 11 is 9.58. The van der Waals surface area contributed by atoms with Crippen LogP contribution in [0.1, 0.15) is 24.0 Å². The van der Waals surface area contributed by atoms with Crippen molar-refractivity contribution >= 4 is 27.5 Å². The number of quaternary nitrogens is 1. The number of benzene rings is 2. The second kappa shape index (κ2) is 5.88. The second-order valence-electron chi connectivity index (χ2n) is 5.46. The van der Waals surface area contributed by atoms with E-state index in [0.29, 0.717) is 0 Å². The molecule has 2 N–H and O–H groups in total. The zero-order chi connectivity index (χ0) is 14.0. The van der Waals surface area contributed by atoms with Crippen molar-refractivity contribution in [3.63, 3.8) is 0 Å². The summed E-state index contributed by atoms with van der Waals surface area (Å²) in [6.45, 7) is 2.36. The van der Waals surface area contributed by atoms with Crippen LogP contribution in [-0.4, -0.2) is 13.1 Å². The zero-order valence-corrected chi connectivity index (χ0v) is 13.6. The number of nitrogens with two attached hydrogens (primary N) is 1. The Labute approximate surface area is 133 Å². The summed E-state index contributed by atoms with van der Waals surface area (Å²) in [6.07, 6.45) is 2.35. The molecule has 1 fully saturated rings. The maximum Gasteiger partial charge on any atom is 0.0767 e. The Morgan fingerprint density at radius 1 is 0.850 bits per heavy atom. The molecule has 0 atom stereocenters. The lowest BCUT2D eigenvalue weighted by atomic mass is 9.68. The third-order valence-electron chi connectivity index (χ3n) is 4.34. The van der Waals surface area contributed by atoms with Crippen molar-refractivity contribution in [1.29, 1.82) is 0 Å². The highest BCUT2D eigenvalue weighted by Gasteiger charge is 2.37. The zero-order valence-electron chi connectivity index (χ0n) is 11.3. The van der Waals surface area contributed by atoms with E-state index in [0.717, 1.165) is 9.50 Å². The fraction of sp³-hybridized carbons (Fsp3) is 0.294. The molecule has 0 amide bonds. The smallest absolute Gasteiger partial charge is 0.0767 e. The second-order valence-corrected chi connectivity index (χ2v) is 6.81. The standard InChI is InChI=1S/C17H17BrClN/c18-15-5-1-13(2-6-15)17(9-11-20-12-10-17)14-3-7-16(19)8-4-14/h1-8,20H,9-12H2/p+1. The molecule has 20 heavy (non-hydrogen) atoms. The van der Waals surface area contributed by atoms with Crippen LogP contribution in [0.4, 0.5) is 0 Å². The normalized spacial score (nSPS) is 17.9. The first-order valence-corrected chi connectivity index (χ1v) is 8.22. The maximum atomic E-state index is 6.05. The van der Waals surface area contributed by atoms with Gasteiger partial charge in [-0.15, -0.1) is 0 Å². The van der Waals surface area contributed by atoms with E-state index in [9.17, 15) is 0 Å². The molecule has 3 heteroatoms. The molecule has 0 radical (unpaired) electrons. The summed E-state index contributed by atoms with van der Waals surface area (Å²) in [5.41, 5.74) is 2.94. The molecule has 1 saturated heterocycles. The Balaban J connectivity index is 2.08. The van der Waals surface area contributed by atoms with Gasteiger partial charge in [0.05, 0.1) is 13.1 Å². The van der Waals surface area contributed by atoms with Crippen LogP contribution in [0.25, 0.3) is 0 Å². The molecular formula is C17H18BrClN+. The van der Waals surface area contributed by atoms with Crippen LogP contribution in [-0.2, 0) is 5.41 Å². The number of hydrogen-bond donors (Lipinski definition) is 1. The van der Waals surface area contributed by atoms with Gasteiger partial charge in [0.25, 0.3) is 0 Å². The van der Waals surface area contributed by atoms with E-state index in [2.05, 4.69) is 57.6 Å². The van der Waals surface area contributed by atoms with Crippen molar-refractivity contribution < 1.29 is 5.32 Å². The summed E-state index contributed by atoms with van der Waals surface area (Å²) in [5, 5.41) is 3.22. The van der Waals surface area contributed by atoms with E-state index >= 15 is 0 Å². The summed E-state index contributed by atoms with van der Waals surface area (Å²) in [6, 6.07) is 17.2. The molecule has 1 aliphatic rings. The van der Waals surface area contributed by atoms with Gasteiger partial charge in [-0.3, -0.25) is 0 Å². The van der Waals surface area contributed by atoms with Crippen molar-refractivity contribution in [2.75, 3.05) is 13.1 Å². The van der Waals surface area contributed by atoms with E-state index in [1.807, 2.05) is 12.1 Å². The molecule has 1 nitrogen and oxygen atoms in total. The van der Waals surface area contributed by atoms with Crippen molar-refractivity contribution in [2.45, 2.75) is 18.3 Å². The van der Waals surface area contributed by atoms with Crippen molar-refractivity contribution in [3.8, 4) is 0 Å². The Morgan fingerprint density at radius 2 is 1.35 bits per heavy atom. The maximum absolute atomic E-state index is 6.05. The number of halogens is 2. The molecule has 2 aromatic rings. The third kappa shape index (κ3) is 2.65. The molecule has 2 aromatic carbocycles. The van der Waals surface area contributed by atoms with Crippen LogP contribution in [0.3, 0.4) is 0 Å². The van der Waals surface area contributed by atoms with E-state index in [-0.39, 0.29) is 5.41 Å². The predicted molar refractivity (Wildman–Crippen MR) is 87.3 cm³/mol. The van der Waals surface area contributed by atoms with Gasteiger partial charge in [0.1, 0.15) is 0 Å². The molecule has 0 saturated carbocycles. The van der Waals surface area contributed by atoms with Crippen LogP contribution < -0.4 is 5.32 Å². The van der Waals surface area contributed by atoms with Gasteiger partial charge in [0.15, 0.2) is 0 Å². The average molecular weight is 352 g/mol. The van der Waals surface area contributed by atoms with Crippen molar-refractivity contribution in [1.82, 2.24) is 0 Å². The van der Waals surface area contributed by atoms with Crippen LogP contribution in [0.15, 0.2) is 53.0 Å². The average Bonchev–Trinajstić information content (AvgIpc) is 2.49. The van der Waals surface area contributed by atoms with Gasteiger partial charge in [-0.25, -0.2) is 0 Å².